The van der Waals surface area contributed by atoms with Gasteiger partial charge in [0.2, 0.25) is 0 Å². The third-order valence-electron chi connectivity index (χ3n) is 5.57. The van der Waals surface area contributed by atoms with E-state index in [0.717, 1.165) is 37.8 Å². The minimum Gasteiger partial charge on any atom is -0.496 e. The first kappa shape index (κ1) is 19.3. The number of imidazole rings is 1. The second kappa shape index (κ2) is 8.93. The first-order chi connectivity index (χ1) is 13.1. The van der Waals surface area contributed by atoms with Crippen LogP contribution in [-0.4, -0.2) is 54.2 Å². The average molecular weight is 370 g/mol. The predicted octanol–water partition coefficient (Wildman–Crippen LogP) is 3.15. The number of rotatable bonds is 5. The quantitative estimate of drug-likeness (QED) is 0.650. The number of para-hydroxylation sites is 1. The Labute approximate surface area is 162 Å². The zero-order valence-electron chi connectivity index (χ0n) is 16.8. The Morgan fingerprint density at radius 2 is 2.22 bits per heavy atom. The molecule has 1 aromatic carbocycles. The summed E-state index contributed by atoms with van der Waals surface area (Å²) in [5.74, 6) is 2.86. The minimum atomic E-state index is 0.325. The van der Waals surface area contributed by atoms with Gasteiger partial charge < -0.3 is 19.5 Å². The van der Waals surface area contributed by atoms with E-state index in [4.69, 9.17) is 4.74 Å². The Morgan fingerprint density at radius 1 is 1.41 bits per heavy atom. The van der Waals surface area contributed by atoms with Crippen molar-refractivity contribution in [2.45, 2.75) is 32.2 Å². The number of aromatic nitrogens is 2. The van der Waals surface area contributed by atoms with Crippen molar-refractivity contribution in [2.24, 2.45) is 10.9 Å². The summed E-state index contributed by atoms with van der Waals surface area (Å²) in [7, 11) is 3.59. The Bertz CT molecular complexity index is 743. The highest BCUT2D eigenvalue weighted by atomic mass is 16.5. The Balaban J connectivity index is 1.63. The lowest BCUT2D eigenvalue weighted by atomic mass is 9.93. The van der Waals surface area contributed by atoms with Crippen LogP contribution in [0.5, 0.6) is 5.75 Å². The standard InChI is InChI=1S/C21H31N5O/c1-16-9-11-25(14-19(16)26-12-10-23-15-26)21(22-3)24-13-17(2)18-7-5-6-8-20(18)27-4/h5-8,10,12,15-17,19H,9,11,13-14H2,1-4H3,(H,22,24). The zero-order valence-corrected chi connectivity index (χ0v) is 16.8. The smallest absolute Gasteiger partial charge is 0.193 e. The van der Waals surface area contributed by atoms with Gasteiger partial charge in [-0.05, 0) is 24.0 Å². The van der Waals surface area contributed by atoms with Crippen LogP contribution in [0.1, 0.15) is 37.8 Å². The van der Waals surface area contributed by atoms with Gasteiger partial charge in [-0.3, -0.25) is 4.99 Å². The molecule has 146 valence electrons. The number of aliphatic imine (C=N–C) groups is 1. The van der Waals surface area contributed by atoms with Gasteiger partial charge in [0, 0.05) is 45.0 Å². The normalized spacial score (nSPS) is 21.8. The third kappa shape index (κ3) is 4.43. The molecule has 3 rings (SSSR count). The number of likely N-dealkylation sites (tertiary alicyclic amines) is 1. The van der Waals surface area contributed by atoms with Crippen molar-refractivity contribution in [3.05, 3.63) is 48.5 Å². The molecule has 0 aliphatic carbocycles. The molecular weight excluding hydrogens is 338 g/mol. The fraction of sp³-hybridized carbons (Fsp3) is 0.524. The van der Waals surface area contributed by atoms with Crippen molar-refractivity contribution in [3.63, 3.8) is 0 Å². The summed E-state index contributed by atoms with van der Waals surface area (Å²) in [5, 5.41) is 3.56. The molecule has 1 N–H and O–H groups in total. The van der Waals surface area contributed by atoms with Crippen LogP contribution in [-0.2, 0) is 0 Å². The van der Waals surface area contributed by atoms with E-state index < -0.39 is 0 Å². The molecule has 1 aliphatic heterocycles. The lowest BCUT2D eigenvalue weighted by Gasteiger charge is -2.39. The van der Waals surface area contributed by atoms with Gasteiger partial charge in [-0.15, -0.1) is 0 Å². The van der Waals surface area contributed by atoms with E-state index in [1.165, 1.54) is 5.56 Å². The molecule has 1 saturated heterocycles. The number of hydrogen-bond donors (Lipinski definition) is 1. The lowest BCUT2D eigenvalue weighted by molar-refractivity contribution is 0.189. The van der Waals surface area contributed by atoms with E-state index in [-0.39, 0.29) is 0 Å². The molecule has 1 fully saturated rings. The van der Waals surface area contributed by atoms with Crippen molar-refractivity contribution < 1.29 is 4.74 Å². The molecule has 27 heavy (non-hydrogen) atoms. The van der Waals surface area contributed by atoms with Crippen LogP contribution in [0.25, 0.3) is 0 Å². The molecule has 0 spiro atoms. The highest BCUT2D eigenvalue weighted by molar-refractivity contribution is 5.80. The highest BCUT2D eigenvalue weighted by Gasteiger charge is 2.29. The van der Waals surface area contributed by atoms with Gasteiger partial charge >= 0.3 is 0 Å². The van der Waals surface area contributed by atoms with Crippen molar-refractivity contribution in [2.75, 3.05) is 33.8 Å². The summed E-state index contributed by atoms with van der Waals surface area (Å²) >= 11 is 0. The summed E-state index contributed by atoms with van der Waals surface area (Å²) in [6.07, 6.45) is 6.98. The molecule has 0 radical (unpaired) electrons. The SMILES string of the molecule is CN=C(NCC(C)c1ccccc1OC)N1CCC(C)C(n2ccnc2)C1. The minimum absolute atomic E-state index is 0.325. The van der Waals surface area contributed by atoms with Crippen molar-refractivity contribution in [1.29, 1.82) is 0 Å². The fourth-order valence-electron chi connectivity index (χ4n) is 3.86. The molecule has 6 heteroatoms. The van der Waals surface area contributed by atoms with E-state index in [1.54, 1.807) is 7.11 Å². The van der Waals surface area contributed by atoms with E-state index in [1.807, 2.05) is 31.7 Å². The third-order valence-corrected chi connectivity index (χ3v) is 5.57. The van der Waals surface area contributed by atoms with E-state index in [0.29, 0.717) is 17.9 Å². The second-order valence-electron chi connectivity index (χ2n) is 7.36. The Hall–Kier alpha value is -2.50. The molecule has 3 atom stereocenters. The first-order valence-electron chi connectivity index (χ1n) is 9.70. The summed E-state index contributed by atoms with van der Waals surface area (Å²) < 4.78 is 7.73. The van der Waals surface area contributed by atoms with Gasteiger partial charge in [0.25, 0.3) is 0 Å². The number of hydrogen-bond acceptors (Lipinski definition) is 3. The van der Waals surface area contributed by atoms with E-state index in [9.17, 15) is 0 Å². The van der Waals surface area contributed by atoms with Crippen LogP contribution in [0, 0.1) is 5.92 Å². The molecule has 0 bridgehead atoms. The maximum absolute atomic E-state index is 5.51. The number of guanidine groups is 1. The number of benzene rings is 1. The molecule has 1 aromatic heterocycles. The predicted molar refractivity (Wildman–Crippen MR) is 109 cm³/mol. The molecule has 0 saturated carbocycles. The van der Waals surface area contributed by atoms with Gasteiger partial charge in [0.15, 0.2) is 5.96 Å². The summed E-state index contributed by atoms with van der Waals surface area (Å²) in [6, 6.07) is 8.64. The van der Waals surface area contributed by atoms with Crippen LogP contribution in [0.2, 0.25) is 0 Å². The number of piperidine rings is 1. The molecule has 2 heterocycles. The van der Waals surface area contributed by atoms with Crippen LogP contribution >= 0.6 is 0 Å². The maximum Gasteiger partial charge on any atom is 0.193 e. The summed E-state index contributed by atoms with van der Waals surface area (Å²) in [5.41, 5.74) is 1.21. The van der Waals surface area contributed by atoms with Gasteiger partial charge in [-0.1, -0.05) is 32.0 Å². The summed E-state index contributed by atoms with van der Waals surface area (Å²) in [6.45, 7) is 7.32. The molecule has 1 aliphatic rings. The molecule has 0 amide bonds. The molecule has 3 unspecified atom stereocenters. The van der Waals surface area contributed by atoms with Crippen molar-refractivity contribution in [3.8, 4) is 5.75 Å². The maximum atomic E-state index is 5.51. The fourth-order valence-corrected chi connectivity index (χ4v) is 3.86. The van der Waals surface area contributed by atoms with Gasteiger partial charge in [0.1, 0.15) is 5.75 Å². The largest absolute Gasteiger partial charge is 0.496 e. The molecule has 2 aromatic rings. The van der Waals surface area contributed by atoms with Crippen LogP contribution in [0.15, 0.2) is 48.0 Å². The monoisotopic (exact) mass is 369 g/mol. The van der Waals surface area contributed by atoms with Crippen molar-refractivity contribution >= 4 is 5.96 Å². The van der Waals surface area contributed by atoms with Gasteiger partial charge in [-0.2, -0.15) is 0 Å². The first-order valence-corrected chi connectivity index (χ1v) is 9.70. The molecular formula is C21H31N5O. The lowest BCUT2D eigenvalue weighted by Crippen LogP contribution is -2.49. The van der Waals surface area contributed by atoms with E-state index in [2.05, 4.69) is 56.9 Å². The van der Waals surface area contributed by atoms with Crippen LogP contribution in [0.4, 0.5) is 0 Å². The van der Waals surface area contributed by atoms with Crippen molar-refractivity contribution in [1.82, 2.24) is 19.8 Å². The Morgan fingerprint density at radius 3 is 2.93 bits per heavy atom. The number of nitrogens with one attached hydrogen (secondary N) is 1. The Kier molecular flexibility index (Phi) is 6.37. The molecule has 6 nitrogen and oxygen atoms in total. The van der Waals surface area contributed by atoms with Crippen LogP contribution < -0.4 is 10.1 Å². The average Bonchev–Trinajstić information content (AvgIpc) is 3.23. The number of nitrogens with zero attached hydrogens (tertiary/aromatic N) is 4. The van der Waals surface area contributed by atoms with Gasteiger partial charge in [-0.25, -0.2) is 4.98 Å². The highest BCUT2D eigenvalue weighted by Crippen LogP contribution is 2.28. The van der Waals surface area contributed by atoms with Gasteiger partial charge in [0.05, 0.1) is 19.5 Å². The van der Waals surface area contributed by atoms with Crippen LogP contribution in [0.3, 0.4) is 0 Å². The number of ether oxygens (including phenoxy) is 1. The number of methoxy groups -OCH3 is 1. The topological polar surface area (TPSA) is 54.7 Å². The zero-order chi connectivity index (χ0) is 19.2. The summed E-state index contributed by atoms with van der Waals surface area (Å²) in [4.78, 5) is 11.1. The van der Waals surface area contributed by atoms with E-state index >= 15 is 0 Å². The second-order valence-corrected chi connectivity index (χ2v) is 7.36.